The van der Waals surface area contributed by atoms with Gasteiger partial charge in [0.1, 0.15) is 6.54 Å². The second kappa shape index (κ2) is 9.00. The second-order valence-corrected chi connectivity index (χ2v) is 9.52. The van der Waals surface area contributed by atoms with E-state index < -0.39 is 12.1 Å². The number of carbonyl (C=O) groups excluding carboxylic acids is 3. The molecule has 0 spiro atoms. The van der Waals surface area contributed by atoms with E-state index >= 15 is 0 Å². The molecule has 1 unspecified atom stereocenters. The maximum Gasteiger partial charge on any atom is 0.326 e. The first-order valence-corrected chi connectivity index (χ1v) is 11.0. The minimum atomic E-state index is -0.888. The Hall–Kier alpha value is -2.67. The molecule has 160 valence electrons. The van der Waals surface area contributed by atoms with E-state index in [2.05, 4.69) is 26.1 Å². The minimum Gasteiger partial charge on any atom is -0.451 e. The first kappa shape index (κ1) is 22.0. The molecule has 0 bridgehead atoms. The Balaban J connectivity index is 1.47. The summed E-state index contributed by atoms with van der Waals surface area (Å²) < 4.78 is 5.24. The lowest BCUT2D eigenvalue weighted by molar-refractivity contribution is -0.158. The molecule has 1 N–H and O–H groups in total. The van der Waals surface area contributed by atoms with Crippen molar-refractivity contribution < 1.29 is 19.1 Å². The zero-order valence-corrected chi connectivity index (χ0v) is 18.7. The van der Waals surface area contributed by atoms with Crippen LogP contribution in [-0.4, -0.2) is 41.9 Å². The number of nitrogens with zero attached hydrogens (tertiary/aromatic N) is 1. The number of carbonyl (C=O) groups is 3. The van der Waals surface area contributed by atoms with Gasteiger partial charge in [0, 0.05) is 23.5 Å². The number of fused-ring (bicyclic) bond motifs is 1. The molecule has 3 rings (SSSR count). The van der Waals surface area contributed by atoms with Gasteiger partial charge < -0.3 is 15.0 Å². The monoisotopic (exact) mass is 428 g/mol. The predicted octanol–water partition coefficient (Wildman–Crippen LogP) is 3.29. The zero-order chi connectivity index (χ0) is 21.9. The number of rotatable bonds is 5. The molecule has 0 saturated heterocycles. The van der Waals surface area contributed by atoms with E-state index in [-0.39, 0.29) is 23.8 Å². The molecule has 1 aliphatic heterocycles. The van der Waals surface area contributed by atoms with E-state index in [9.17, 15) is 14.4 Å². The van der Waals surface area contributed by atoms with Crippen LogP contribution < -0.4 is 5.32 Å². The summed E-state index contributed by atoms with van der Waals surface area (Å²) in [7, 11) is 0. The van der Waals surface area contributed by atoms with Gasteiger partial charge >= 0.3 is 5.97 Å². The average Bonchev–Trinajstić information content (AvgIpc) is 3.18. The summed E-state index contributed by atoms with van der Waals surface area (Å²) in [5, 5.41) is 4.58. The standard InChI is InChI=1S/C23H28N2O4S/c1-15(22(28)25-11-9-19-17(14-25)10-12-30-19)29-20(26)13-24-21(27)16-5-7-18(8-6-16)23(2,3)4/h5-8,10,12,15H,9,11,13-14H2,1-4H3,(H,24,27). The number of ether oxygens (including phenoxy) is 1. The third-order valence-corrected chi connectivity index (χ3v) is 6.20. The molecule has 30 heavy (non-hydrogen) atoms. The molecular weight excluding hydrogens is 400 g/mol. The fraction of sp³-hybridized carbons (Fsp3) is 0.435. The molecule has 7 heteroatoms. The van der Waals surface area contributed by atoms with Gasteiger partial charge in [0.2, 0.25) is 0 Å². The SMILES string of the molecule is CC(OC(=O)CNC(=O)c1ccc(C(C)(C)C)cc1)C(=O)N1CCc2sccc2C1. The van der Waals surface area contributed by atoms with Crippen LogP contribution in [-0.2, 0) is 32.7 Å². The number of hydrogen-bond acceptors (Lipinski definition) is 5. The van der Waals surface area contributed by atoms with Crippen LogP contribution >= 0.6 is 11.3 Å². The molecule has 2 amide bonds. The first-order chi connectivity index (χ1) is 14.1. The molecular formula is C23H28N2O4S. The van der Waals surface area contributed by atoms with Gasteiger partial charge in [-0.3, -0.25) is 14.4 Å². The summed E-state index contributed by atoms with van der Waals surface area (Å²) in [6, 6.07) is 9.32. The maximum atomic E-state index is 12.6. The van der Waals surface area contributed by atoms with Gasteiger partial charge in [0.25, 0.3) is 11.8 Å². The summed E-state index contributed by atoms with van der Waals surface area (Å²) in [6.45, 7) is 8.75. The molecule has 0 radical (unpaired) electrons. The van der Waals surface area contributed by atoms with Crippen LogP contribution in [0.5, 0.6) is 0 Å². The molecule has 0 fully saturated rings. The van der Waals surface area contributed by atoms with Gasteiger partial charge in [-0.1, -0.05) is 32.9 Å². The van der Waals surface area contributed by atoms with E-state index in [1.807, 2.05) is 23.6 Å². The normalized spacial score (nSPS) is 14.6. The van der Waals surface area contributed by atoms with Crippen molar-refractivity contribution in [1.82, 2.24) is 10.2 Å². The van der Waals surface area contributed by atoms with Gasteiger partial charge in [0.05, 0.1) is 0 Å². The van der Waals surface area contributed by atoms with Crippen LogP contribution in [0.3, 0.4) is 0 Å². The Morgan fingerprint density at radius 2 is 1.87 bits per heavy atom. The van der Waals surface area contributed by atoms with Crippen molar-refractivity contribution in [1.29, 1.82) is 0 Å². The molecule has 0 aliphatic carbocycles. The smallest absolute Gasteiger partial charge is 0.326 e. The van der Waals surface area contributed by atoms with Gasteiger partial charge in [-0.2, -0.15) is 0 Å². The molecule has 1 aromatic carbocycles. The Bertz CT molecular complexity index is 927. The summed E-state index contributed by atoms with van der Waals surface area (Å²) in [6.07, 6.45) is -0.0654. The van der Waals surface area contributed by atoms with Gasteiger partial charge in [-0.15, -0.1) is 11.3 Å². The predicted molar refractivity (Wildman–Crippen MR) is 116 cm³/mol. The number of hydrogen-bond donors (Lipinski definition) is 1. The highest BCUT2D eigenvalue weighted by molar-refractivity contribution is 7.10. The van der Waals surface area contributed by atoms with Crippen LogP contribution in [0.2, 0.25) is 0 Å². The topological polar surface area (TPSA) is 75.7 Å². The molecule has 2 heterocycles. The third kappa shape index (κ3) is 5.27. The van der Waals surface area contributed by atoms with Crippen molar-refractivity contribution >= 4 is 29.1 Å². The van der Waals surface area contributed by atoms with Crippen molar-refractivity contribution in [2.45, 2.75) is 52.2 Å². The average molecular weight is 429 g/mol. The highest BCUT2D eigenvalue weighted by Crippen LogP contribution is 2.24. The zero-order valence-electron chi connectivity index (χ0n) is 17.9. The van der Waals surface area contributed by atoms with Crippen molar-refractivity contribution in [3.05, 3.63) is 57.3 Å². The molecule has 1 aliphatic rings. The van der Waals surface area contributed by atoms with E-state index in [4.69, 9.17) is 4.74 Å². The third-order valence-electron chi connectivity index (χ3n) is 5.18. The molecule has 0 saturated carbocycles. The summed E-state index contributed by atoms with van der Waals surface area (Å²) in [5.41, 5.74) is 2.75. The summed E-state index contributed by atoms with van der Waals surface area (Å²) >= 11 is 1.70. The fourth-order valence-corrected chi connectivity index (χ4v) is 4.25. The maximum absolute atomic E-state index is 12.6. The number of thiophene rings is 1. The Kier molecular flexibility index (Phi) is 6.61. The van der Waals surface area contributed by atoms with Crippen molar-refractivity contribution in [2.75, 3.05) is 13.1 Å². The molecule has 1 aromatic heterocycles. The van der Waals surface area contributed by atoms with Gasteiger partial charge in [0.15, 0.2) is 6.10 Å². The van der Waals surface area contributed by atoms with Crippen LogP contribution in [0.1, 0.15) is 54.1 Å². The van der Waals surface area contributed by atoms with Crippen molar-refractivity contribution in [3.63, 3.8) is 0 Å². The highest BCUT2D eigenvalue weighted by atomic mass is 32.1. The van der Waals surface area contributed by atoms with Gasteiger partial charge in [-0.25, -0.2) is 0 Å². The van der Waals surface area contributed by atoms with E-state index in [0.29, 0.717) is 18.7 Å². The highest BCUT2D eigenvalue weighted by Gasteiger charge is 2.27. The van der Waals surface area contributed by atoms with Gasteiger partial charge in [-0.05, 0) is 53.5 Å². The van der Waals surface area contributed by atoms with Crippen LogP contribution in [0.15, 0.2) is 35.7 Å². The Labute approximate surface area is 181 Å². The lowest BCUT2D eigenvalue weighted by atomic mass is 9.87. The summed E-state index contributed by atoms with van der Waals surface area (Å²) in [4.78, 5) is 40.0. The van der Waals surface area contributed by atoms with Crippen molar-refractivity contribution in [2.24, 2.45) is 0 Å². The minimum absolute atomic E-state index is 0.000832. The number of amides is 2. The number of esters is 1. The van der Waals surface area contributed by atoms with Crippen LogP contribution in [0, 0.1) is 0 Å². The van der Waals surface area contributed by atoms with E-state index in [1.165, 1.54) is 4.88 Å². The number of benzene rings is 1. The van der Waals surface area contributed by atoms with E-state index in [1.54, 1.807) is 35.3 Å². The number of nitrogens with one attached hydrogen (secondary N) is 1. The molecule has 6 nitrogen and oxygen atoms in total. The van der Waals surface area contributed by atoms with Crippen molar-refractivity contribution in [3.8, 4) is 0 Å². The Morgan fingerprint density at radius 3 is 2.53 bits per heavy atom. The quantitative estimate of drug-likeness (QED) is 0.742. The largest absolute Gasteiger partial charge is 0.451 e. The summed E-state index contributed by atoms with van der Waals surface area (Å²) in [5.74, 6) is -1.21. The van der Waals surface area contributed by atoms with Crippen LogP contribution in [0.4, 0.5) is 0 Å². The molecule has 2 aromatic rings. The van der Waals surface area contributed by atoms with Crippen LogP contribution in [0.25, 0.3) is 0 Å². The van der Waals surface area contributed by atoms with E-state index in [0.717, 1.165) is 17.5 Å². The lowest BCUT2D eigenvalue weighted by Gasteiger charge is -2.29. The molecule has 1 atom stereocenters. The Morgan fingerprint density at radius 1 is 1.17 bits per heavy atom. The fourth-order valence-electron chi connectivity index (χ4n) is 3.36. The lowest BCUT2D eigenvalue weighted by Crippen LogP contribution is -2.43. The second-order valence-electron chi connectivity index (χ2n) is 8.52. The first-order valence-electron chi connectivity index (χ1n) is 10.1.